The number of likely N-dealkylation sites (tertiary alicyclic amines) is 1. The molecule has 3 rings (SSSR count). The highest BCUT2D eigenvalue weighted by molar-refractivity contribution is 5.80. The van der Waals surface area contributed by atoms with E-state index in [1.807, 2.05) is 30.0 Å². The van der Waals surface area contributed by atoms with E-state index in [1.54, 1.807) is 11.0 Å². The van der Waals surface area contributed by atoms with E-state index in [4.69, 9.17) is 4.74 Å². The van der Waals surface area contributed by atoms with Crippen molar-refractivity contribution in [3.05, 3.63) is 48.5 Å². The molecule has 0 N–H and O–H groups in total. The summed E-state index contributed by atoms with van der Waals surface area (Å²) in [4.78, 5) is 31.5. The summed E-state index contributed by atoms with van der Waals surface area (Å²) in [5.41, 5.74) is 0.679. The molecule has 1 amide bonds. The first-order chi connectivity index (χ1) is 14.6. The molecule has 1 aliphatic heterocycles. The van der Waals surface area contributed by atoms with Gasteiger partial charge in [-0.1, -0.05) is 30.3 Å². The van der Waals surface area contributed by atoms with Crippen LogP contribution >= 0.6 is 0 Å². The zero-order valence-corrected chi connectivity index (χ0v) is 17.8. The largest absolute Gasteiger partial charge is 0.466 e. The Morgan fingerprint density at radius 3 is 2.77 bits per heavy atom. The lowest BCUT2D eigenvalue weighted by molar-refractivity contribution is -0.161. The molecular weight excluding hydrogens is 380 g/mol. The fraction of sp³-hybridized carbons (Fsp3) is 0.565. The minimum Gasteiger partial charge on any atom is -0.466 e. The molecule has 1 aromatic heterocycles. The van der Waals surface area contributed by atoms with Gasteiger partial charge in [0.1, 0.15) is 12.7 Å². The molecule has 162 valence electrons. The minimum atomic E-state index is -0.593. The van der Waals surface area contributed by atoms with E-state index in [-0.39, 0.29) is 11.9 Å². The van der Waals surface area contributed by atoms with Gasteiger partial charge in [-0.15, -0.1) is 0 Å². The van der Waals surface area contributed by atoms with Gasteiger partial charge < -0.3 is 9.64 Å². The first-order valence-electron chi connectivity index (χ1n) is 10.9. The molecule has 7 nitrogen and oxygen atoms in total. The summed E-state index contributed by atoms with van der Waals surface area (Å²) in [7, 11) is 0. The number of hydrogen-bond acceptors (Lipinski definition) is 5. The number of carbonyl (C=O) groups excluding carboxylic acids is 2. The molecule has 0 bridgehead atoms. The van der Waals surface area contributed by atoms with Gasteiger partial charge in [0.2, 0.25) is 5.91 Å². The Kier molecular flexibility index (Phi) is 7.99. The van der Waals surface area contributed by atoms with Gasteiger partial charge in [0.25, 0.3) is 0 Å². The van der Waals surface area contributed by atoms with Gasteiger partial charge in [-0.3, -0.25) is 14.3 Å². The third kappa shape index (κ3) is 5.90. The Morgan fingerprint density at radius 1 is 1.20 bits per heavy atom. The predicted octanol–water partition coefficient (Wildman–Crippen LogP) is 3.25. The van der Waals surface area contributed by atoms with Crippen molar-refractivity contribution < 1.29 is 14.3 Å². The average Bonchev–Trinajstić information content (AvgIpc) is 3.28. The van der Waals surface area contributed by atoms with E-state index in [0.717, 1.165) is 32.1 Å². The summed E-state index contributed by atoms with van der Waals surface area (Å²) in [6.07, 6.45) is 8.48. The van der Waals surface area contributed by atoms with Crippen molar-refractivity contribution in [2.45, 2.75) is 58.4 Å². The third-order valence-electron chi connectivity index (χ3n) is 5.85. The van der Waals surface area contributed by atoms with Gasteiger partial charge in [-0.25, -0.2) is 4.98 Å². The second-order valence-electron chi connectivity index (χ2n) is 8.02. The number of piperidine rings is 1. The van der Waals surface area contributed by atoms with E-state index in [0.29, 0.717) is 39.1 Å². The number of rotatable bonds is 10. The molecule has 30 heavy (non-hydrogen) atoms. The molecule has 7 heteroatoms. The zero-order valence-electron chi connectivity index (χ0n) is 17.8. The summed E-state index contributed by atoms with van der Waals surface area (Å²) in [6.45, 7) is 4.04. The third-order valence-corrected chi connectivity index (χ3v) is 5.85. The Morgan fingerprint density at radius 2 is 2.03 bits per heavy atom. The molecule has 1 unspecified atom stereocenters. The lowest BCUT2D eigenvalue weighted by atomic mass is 9.75. The fourth-order valence-electron chi connectivity index (χ4n) is 4.28. The number of carbonyl (C=O) groups is 2. The van der Waals surface area contributed by atoms with Crippen molar-refractivity contribution in [2.24, 2.45) is 5.41 Å². The van der Waals surface area contributed by atoms with Crippen LogP contribution in [0, 0.1) is 5.41 Å². The molecule has 1 fully saturated rings. The van der Waals surface area contributed by atoms with E-state index >= 15 is 0 Å². The maximum atomic E-state index is 12.9. The van der Waals surface area contributed by atoms with Gasteiger partial charge in [-0.2, -0.15) is 5.10 Å². The van der Waals surface area contributed by atoms with E-state index in [1.165, 1.54) is 11.9 Å². The van der Waals surface area contributed by atoms with Crippen LogP contribution in [0.25, 0.3) is 0 Å². The molecule has 2 heterocycles. The second kappa shape index (κ2) is 10.9. The Labute approximate surface area is 178 Å². The van der Waals surface area contributed by atoms with Crippen LogP contribution in [0.2, 0.25) is 0 Å². The monoisotopic (exact) mass is 412 g/mol. The molecule has 1 atom stereocenters. The van der Waals surface area contributed by atoms with Gasteiger partial charge in [0, 0.05) is 26.1 Å². The number of amides is 1. The van der Waals surface area contributed by atoms with Crippen LogP contribution in [-0.2, 0) is 27.3 Å². The van der Waals surface area contributed by atoms with Crippen LogP contribution in [0.15, 0.2) is 43.0 Å². The van der Waals surface area contributed by atoms with Gasteiger partial charge >= 0.3 is 5.97 Å². The van der Waals surface area contributed by atoms with E-state index in [2.05, 4.69) is 22.2 Å². The van der Waals surface area contributed by atoms with Crippen LogP contribution in [0.4, 0.5) is 0 Å². The molecule has 0 saturated carbocycles. The highest BCUT2D eigenvalue weighted by atomic mass is 16.5. The molecule has 1 aliphatic rings. The number of ether oxygens (including phenoxy) is 1. The topological polar surface area (TPSA) is 77.3 Å². The molecule has 1 aromatic carbocycles. The molecule has 2 aromatic rings. The smallest absolute Gasteiger partial charge is 0.313 e. The Bertz CT molecular complexity index is 794. The van der Waals surface area contributed by atoms with Crippen LogP contribution < -0.4 is 0 Å². The Balaban J connectivity index is 1.58. The average molecular weight is 413 g/mol. The molecule has 0 spiro atoms. The number of aromatic nitrogens is 3. The first kappa shape index (κ1) is 22.0. The molecule has 0 aliphatic carbocycles. The number of hydrogen-bond donors (Lipinski definition) is 0. The maximum Gasteiger partial charge on any atom is 0.313 e. The normalized spacial score (nSPS) is 18.9. The molecule has 0 radical (unpaired) electrons. The van der Waals surface area contributed by atoms with Crippen molar-refractivity contribution in [1.82, 2.24) is 19.7 Å². The highest BCUT2D eigenvalue weighted by Crippen LogP contribution is 2.37. The van der Waals surface area contributed by atoms with Crippen LogP contribution in [0.3, 0.4) is 0 Å². The summed E-state index contributed by atoms with van der Waals surface area (Å²) in [5.74, 6) is -0.0512. The predicted molar refractivity (Wildman–Crippen MR) is 114 cm³/mol. The van der Waals surface area contributed by atoms with E-state index < -0.39 is 5.41 Å². The molecular formula is C23H32N4O3. The second-order valence-corrected chi connectivity index (χ2v) is 8.02. The van der Waals surface area contributed by atoms with Crippen molar-refractivity contribution >= 4 is 11.9 Å². The number of benzene rings is 1. The fourth-order valence-corrected chi connectivity index (χ4v) is 4.28. The highest BCUT2D eigenvalue weighted by Gasteiger charge is 2.44. The number of nitrogens with zero attached hydrogens (tertiary/aromatic N) is 4. The Hall–Kier alpha value is -2.70. The minimum absolute atomic E-state index is 0.103. The van der Waals surface area contributed by atoms with Crippen LogP contribution in [-0.4, -0.2) is 51.2 Å². The summed E-state index contributed by atoms with van der Waals surface area (Å²) in [6, 6.07) is 10.3. The standard InChI is InChI=1S/C23H32N4O3/c1-2-30-22(29)23(13-6-11-20-9-4-3-5-10-20)14-8-15-26(17-23)21(28)12-7-16-27-19-24-18-25-27/h3-5,9-10,18-19H,2,6-8,11-17H2,1H3. The van der Waals surface area contributed by atoms with Gasteiger partial charge in [0.05, 0.1) is 12.0 Å². The van der Waals surface area contributed by atoms with E-state index in [9.17, 15) is 9.59 Å². The van der Waals surface area contributed by atoms with Gasteiger partial charge in [-0.05, 0) is 51.0 Å². The summed E-state index contributed by atoms with van der Waals surface area (Å²) in [5, 5.41) is 4.07. The van der Waals surface area contributed by atoms with Crippen molar-refractivity contribution in [3.8, 4) is 0 Å². The quantitative estimate of drug-likeness (QED) is 0.560. The lowest BCUT2D eigenvalue weighted by Gasteiger charge is -2.41. The molecule has 1 saturated heterocycles. The van der Waals surface area contributed by atoms with Crippen molar-refractivity contribution in [3.63, 3.8) is 0 Å². The van der Waals surface area contributed by atoms with Crippen molar-refractivity contribution in [1.29, 1.82) is 0 Å². The zero-order chi connectivity index (χ0) is 21.2. The SMILES string of the molecule is CCOC(=O)C1(CCCc2ccccc2)CCCN(C(=O)CCCn2cncn2)C1. The lowest BCUT2D eigenvalue weighted by Crippen LogP contribution is -2.50. The number of esters is 1. The van der Waals surface area contributed by atoms with Crippen LogP contribution in [0.1, 0.15) is 51.0 Å². The van der Waals surface area contributed by atoms with Crippen molar-refractivity contribution in [2.75, 3.05) is 19.7 Å². The maximum absolute atomic E-state index is 12.9. The van der Waals surface area contributed by atoms with Crippen LogP contribution in [0.5, 0.6) is 0 Å². The van der Waals surface area contributed by atoms with Gasteiger partial charge in [0.15, 0.2) is 0 Å². The number of aryl methyl sites for hydroxylation is 2. The summed E-state index contributed by atoms with van der Waals surface area (Å²) >= 11 is 0. The first-order valence-corrected chi connectivity index (χ1v) is 10.9. The summed E-state index contributed by atoms with van der Waals surface area (Å²) < 4.78 is 7.18.